The van der Waals surface area contributed by atoms with E-state index in [9.17, 15) is 4.79 Å². The molecule has 134 valence electrons. The SMILES string of the molecule is COc1ccc(C2=NN(C(=O)c3cccnc3)[C@H](c3ccccc3)C2)cc1. The van der Waals surface area contributed by atoms with E-state index in [-0.39, 0.29) is 11.9 Å². The second kappa shape index (κ2) is 7.41. The van der Waals surface area contributed by atoms with Crippen LogP contribution in [0.3, 0.4) is 0 Å². The zero-order chi connectivity index (χ0) is 18.6. The van der Waals surface area contributed by atoms with Gasteiger partial charge in [0.25, 0.3) is 5.91 Å². The van der Waals surface area contributed by atoms with Crippen LogP contribution in [0.2, 0.25) is 0 Å². The summed E-state index contributed by atoms with van der Waals surface area (Å²) < 4.78 is 5.23. The second-order valence-corrected chi connectivity index (χ2v) is 6.30. The molecule has 5 nitrogen and oxygen atoms in total. The number of hydrogen-bond donors (Lipinski definition) is 0. The van der Waals surface area contributed by atoms with Crippen LogP contribution >= 0.6 is 0 Å². The molecular formula is C22H19N3O2. The van der Waals surface area contributed by atoms with Gasteiger partial charge in [0.05, 0.1) is 24.4 Å². The van der Waals surface area contributed by atoms with Crippen molar-refractivity contribution in [2.24, 2.45) is 5.10 Å². The third-order valence-electron chi connectivity index (χ3n) is 4.63. The van der Waals surface area contributed by atoms with Gasteiger partial charge in [-0.2, -0.15) is 5.10 Å². The molecule has 0 aliphatic carbocycles. The van der Waals surface area contributed by atoms with E-state index in [1.807, 2.05) is 54.6 Å². The first-order chi connectivity index (χ1) is 13.3. The van der Waals surface area contributed by atoms with E-state index in [1.165, 1.54) is 0 Å². The normalized spacial score (nSPS) is 16.1. The Labute approximate surface area is 157 Å². The molecule has 0 saturated heterocycles. The Morgan fingerprint density at radius 1 is 1.04 bits per heavy atom. The number of nitrogens with zero attached hydrogens (tertiary/aromatic N) is 3. The molecule has 3 aromatic rings. The zero-order valence-corrected chi connectivity index (χ0v) is 14.9. The van der Waals surface area contributed by atoms with Gasteiger partial charge in [0.1, 0.15) is 5.75 Å². The van der Waals surface area contributed by atoms with Gasteiger partial charge in [0.15, 0.2) is 0 Å². The summed E-state index contributed by atoms with van der Waals surface area (Å²) >= 11 is 0. The van der Waals surface area contributed by atoms with Crippen molar-refractivity contribution in [3.8, 4) is 5.75 Å². The highest BCUT2D eigenvalue weighted by Gasteiger charge is 2.33. The van der Waals surface area contributed by atoms with Gasteiger partial charge in [-0.1, -0.05) is 30.3 Å². The van der Waals surface area contributed by atoms with Crippen molar-refractivity contribution < 1.29 is 9.53 Å². The number of carbonyl (C=O) groups is 1. The number of hydrogen-bond acceptors (Lipinski definition) is 4. The number of benzene rings is 2. The second-order valence-electron chi connectivity index (χ2n) is 6.30. The molecule has 1 atom stereocenters. The molecule has 0 radical (unpaired) electrons. The highest BCUT2D eigenvalue weighted by atomic mass is 16.5. The van der Waals surface area contributed by atoms with Crippen LogP contribution in [0.15, 0.2) is 84.2 Å². The predicted molar refractivity (Wildman–Crippen MR) is 104 cm³/mol. The van der Waals surface area contributed by atoms with Crippen LogP contribution in [0.1, 0.15) is 33.9 Å². The lowest BCUT2D eigenvalue weighted by Gasteiger charge is -2.21. The summed E-state index contributed by atoms with van der Waals surface area (Å²) in [5, 5.41) is 6.26. The van der Waals surface area contributed by atoms with E-state index in [4.69, 9.17) is 4.74 Å². The Hall–Kier alpha value is -3.47. The van der Waals surface area contributed by atoms with Crippen LogP contribution in [0.25, 0.3) is 0 Å². The maximum absolute atomic E-state index is 13.1. The molecule has 4 rings (SSSR count). The number of pyridine rings is 1. The molecule has 1 aliphatic heterocycles. The van der Waals surface area contributed by atoms with Gasteiger partial charge in [0, 0.05) is 18.8 Å². The molecule has 0 N–H and O–H groups in total. The maximum Gasteiger partial charge on any atom is 0.276 e. The Balaban J connectivity index is 1.70. The largest absolute Gasteiger partial charge is 0.497 e. The average Bonchev–Trinajstić information content (AvgIpc) is 3.20. The molecule has 0 unspecified atom stereocenters. The minimum Gasteiger partial charge on any atom is -0.497 e. The fraction of sp³-hybridized carbons (Fsp3) is 0.136. The number of carbonyl (C=O) groups excluding carboxylic acids is 1. The average molecular weight is 357 g/mol. The lowest BCUT2D eigenvalue weighted by atomic mass is 9.98. The first-order valence-corrected chi connectivity index (χ1v) is 8.76. The first-order valence-electron chi connectivity index (χ1n) is 8.76. The van der Waals surface area contributed by atoms with E-state index < -0.39 is 0 Å². The Morgan fingerprint density at radius 3 is 2.48 bits per heavy atom. The summed E-state index contributed by atoms with van der Waals surface area (Å²) in [5.41, 5.74) is 3.45. The van der Waals surface area contributed by atoms with Gasteiger partial charge in [-0.15, -0.1) is 0 Å². The van der Waals surface area contributed by atoms with Gasteiger partial charge in [-0.05, 0) is 47.5 Å². The molecule has 0 bridgehead atoms. The number of amides is 1. The summed E-state index contributed by atoms with van der Waals surface area (Å²) in [6.07, 6.45) is 3.88. The van der Waals surface area contributed by atoms with E-state index in [0.717, 1.165) is 22.6 Å². The summed E-state index contributed by atoms with van der Waals surface area (Å²) in [5.74, 6) is 0.640. The number of aromatic nitrogens is 1. The summed E-state index contributed by atoms with van der Waals surface area (Å²) in [6.45, 7) is 0. The van der Waals surface area contributed by atoms with Crippen LogP contribution in [-0.2, 0) is 0 Å². The van der Waals surface area contributed by atoms with Gasteiger partial charge < -0.3 is 4.74 Å². The van der Waals surface area contributed by atoms with Gasteiger partial charge in [0.2, 0.25) is 0 Å². The molecule has 0 fully saturated rings. The number of hydrazone groups is 1. The predicted octanol–water partition coefficient (Wildman–Crippen LogP) is 4.08. The van der Waals surface area contributed by atoms with E-state index >= 15 is 0 Å². The van der Waals surface area contributed by atoms with Crippen molar-refractivity contribution >= 4 is 11.6 Å². The van der Waals surface area contributed by atoms with Crippen LogP contribution < -0.4 is 4.74 Å². The summed E-state index contributed by atoms with van der Waals surface area (Å²) in [4.78, 5) is 17.1. The molecule has 2 heterocycles. The molecule has 0 spiro atoms. The van der Waals surface area contributed by atoms with E-state index in [0.29, 0.717) is 12.0 Å². The highest BCUT2D eigenvalue weighted by Crippen LogP contribution is 2.34. The Morgan fingerprint density at radius 2 is 1.81 bits per heavy atom. The van der Waals surface area contributed by atoms with Crippen molar-refractivity contribution in [2.75, 3.05) is 7.11 Å². The van der Waals surface area contributed by atoms with Gasteiger partial charge >= 0.3 is 0 Å². The highest BCUT2D eigenvalue weighted by molar-refractivity contribution is 6.05. The third kappa shape index (κ3) is 3.44. The smallest absolute Gasteiger partial charge is 0.276 e. The molecule has 1 amide bonds. The van der Waals surface area contributed by atoms with E-state index in [2.05, 4.69) is 10.1 Å². The quantitative estimate of drug-likeness (QED) is 0.707. The van der Waals surface area contributed by atoms with Crippen molar-refractivity contribution in [2.45, 2.75) is 12.5 Å². The minimum absolute atomic E-state index is 0.143. The maximum atomic E-state index is 13.1. The van der Waals surface area contributed by atoms with E-state index in [1.54, 1.807) is 36.6 Å². The lowest BCUT2D eigenvalue weighted by Crippen LogP contribution is -2.27. The monoisotopic (exact) mass is 357 g/mol. The number of methoxy groups -OCH3 is 1. The van der Waals surface area contributed by atoms with Crippen molar-refractivity contribution in [3.05, 3.63) is 95.8 Å². The van der Waals surface area contributed by atoms with Crippen LogP contribution in [0.5, 0.6) is 5.75 Å². The minimum atomic E-state index is -0.152. The van der Waals surface area contributed by atoms with Crippen LogP contribution in [0, 0.1) is 0 Å². The van der Waals surface area contributed by atoms with Crippen molar-refractivity contribution in [1.29, 1.82) is 0 Å². The number of ether oxygens (including phenoxy) is 1. The third-order valence-corrected chi connectivity index (χ3v) is 4.63. The van der Waals surface area contributed by atoms with Crippen LogP contribution in [-0.4, -0.2) is 28.7 Å². The molecular weight excluding hydrogens is 338 g/mol. The molecule has 5 heteroatoms. The van der Waals surface area contributed by atoms with Gasteiger partial charge in [-0.3, -0.25) is 9.78 Å². The molecule has 1 aliphatic rings. The van der Waals surface area contributed by atoms with Gasteiger partial charge in [-0.25, -0.2) is 5.01 Å². The summed E-state index contributed by atoms with van der Waals surface area (Å²) in [7, 11) is 1.64. The fourth-order valence-electron chi connectivity index (χ4n) is 3.21. The number of rotatable bonds is 4. The lowest BCUT2D eigenvalue weighted by molar-refractivity contribution is 0.0711. The summed E-state index contributed by atoms with van der Waals surface area (Å²) in [6, 6.07) is 21.1. The molecule has 1 aromatic heterocycles. The molecule has 2 aromatic carbocycles. The standard InChI is InChI=1S/C22H19N3O2/c1-27-19-11-9-16(10-12-19)20-14-21(17-6-3-2-4-7-17)25(24-20)22(26)18-8-5-13-23-15-18/h2-13,15,21H,14H2,1H3/t21-/m0/s1. The molecule has 27 heavy (non-hydrogen) atoms. The Kier molecular flexibility index (Phi) is 4.66. The van der Waals surface area contributed by atoms with Crippen molar-refractivity contribution in [1.82, 2.24) is 9.99 Å². The molecule has 0 saturated carbocycles. The van der Waals surface area contributed by atoms with Crippen molar-refractivity contribution in [3.63, 3.8) is 0 Å². The first kappa shape index (κ1) is 17.0. The topological polar surface area (TPSA) is 54.8 Å². The Bertz CT molecular complexity index is 954. The zero-order valence-electron chi connectivity index (χ0n) is 14.9. The van der Waals surface area contributed by atoms with Crippen LogP contribution in [0.4, 0.5) is 0 Å². The fourth-order valence-corrected chi connectivity index (χ4v) is 3.21.